The van der Waals surface area contributed by atoms with Crippen molar-refractivity contribution in [2.45, 2.75) is 26.4 Å². The third-order valence-corrected chi connectivity index (χ3v) is 0.766. The molecule has 0 aliphatic heterocycles. The molecule has 0 unspecified atom stereocenters. The van der Waals surface area contributed by atoms with Crippen molar-refractivity contribution in [3.63, 3.8) is 0 Å². The topological polar surface area (TPSA) is 67.8 Å². The fraction of sp³-hybridized carbons (Fsp3) is 0.714. The minimum atomic E-state index is -0.596. The van der Waals surface area contributed by atoms with Gasteiger partial charge >= 0.3 is 6.09 Å². The fourth-order valence-corrected chi connectivity index (χ4v) is 0.451. The van der Waals surface area contributed by atoms with E-state index in [0.29, 0.717) is 0 Å². The van der Waals surface area contributed by atoms with Gasteiger partial charge < -0.3 is 10.1 Å². The molecule has 0 spiro atoms. The Morgan fingerprint density at radius 1 is 1.67 bits per heavy atom. The van der Waals surface area contributed by atoms with E-state index in [9.17, 15) is 9.59 Å². The molecule has 0 saturated carbocycles. The lowest BCUT2D eigenvalue weighted by Gasteiger charge is -2.18. The Morgan fingerprint density at radius 2 is 2.25 bits per heavy atom. The van der Waals surface area contributed by atoms with E-state index < -0.39 is 11.7 Å². The Balaban J connectivity index is 0. The second-order valence-electron chi connectivity index (χ2n) is 3.09. The summed E-state index contributed by atoms with van der Waals surface area (Å²) in [5.41, 5.74) is -0.533. The van der Waals surface area contributed by atoms with Crippen molar-refractivity contribution >= 4 is 12.2 Å². The summed E-state index contributed by atoms with van der Waals surface area (Å²) in [7, 11) is 0. The summed E-state index contributed by atoms with van der Waals surface area (Å²) in [6.07, 6.45) is 0.695. The van der Waals surface area contributed by atoms with Gasteiger partial charge in [-0.05, 0) is 20.8 Å². The SMILES string of the molecule is CC(C)(C)OC(=O)NCN=C=O.[HH]. The summed E-state index contributed by atoms with van der Waals surface area (Å²) in [6.45, 7) is 5.14. The minimum Gasteiger partial charge on any atom is -0.444 e. The van der Waals surface area contributed by atoms with Gasteiger partial charge in [0.25, 0.3) is 0 Å². The molecule has 0 aliphatic carbocycles. The van der Waals surface area contributed by atoms with Crippen LogP contribution in [0.3, 0.4) is 0 Å². The van der Waals surface area contributed by atoms with E-state index in [1.165, 1.54) is 6.08 Å². The van der Waals surface area contributed by atoms with Crippen LogP contribution in [0, 0.1) is 0 Å². The van der Waals surface area contributed by atoms with Crippen molar-refractivity contribution in [3.05, 3.63) is 0 Å². The van der Waals surface area contributed by atoms with Gasteiger partial charge in [-0.25, -0.2) is 9.59 Å². The van der Waals surface area contributed by atoms with Crippen molar-refractivity contribution in [2.24, 2.45) is 4.99 Å². The number of amides is 1. The van der Waals surface area contributed by atoms with Crippen LogP contribution in [-0.2, 0) is 9.53 Å². The summed E-state index contributed by atoms with van der Waals surface area (Å²) < 4.78 is 4.84. The molecule has 0 aliphatic rings. The van der Waals surface area contributed by atoms with Crippen LogP contribution in [0.15, 0.2) is 4.99 Å². The molecule has 0 aromatic carbocycles. The van der Waals surface area contributed by atoms with Gasteiger partial charge in [-0.2, -0.15) is 4.99 Å². The highest BCUT2D eigenvalue weighted by Gasteiger charge is 2.14. The largest absolute Gasteiger partial charge is 0.444 e. The quantitative estimate of drug-likeness (QED) is 0.502. The van der Waals surface area contributed by atoms with Crippen LogP contribution in [0.25, 0.3) is 0 Å². The lowest BCUT2D eigenvalue weighted by atomic mass is 10.2. The molecule has 12 heavy (non-hydrogen) atoms. The number of isocyanates is 1. The summed E-state index contributed by atoms with van der Waals surface area (Å²) >= 11 is 0. The average Bonchev–Trinajstić information content (AvgIpc) is 1.84. The Labute approximate surface area is 72.3 Å². The molecule has 0 atom stereocenters. The number of hydrogen-bond acceptors (Lipinski definition) is 4. The molecule has 5 heteroatoms. The van der Waals surface area contributed by atoms with Crippen LogP contribution < -0.4 is 5.32 Å². The minimum absolute atomic E-state index is 0. The number of rotatable bonds is 2. The number of carbonyl (C=O) groups is 1. The van der Waals surface area contributed by atoms with Gasteiger partial charge in [0.1, 0.15) is 12.3 Å². The molecule has 70 valence electrons. The third-order valence-electron chi connectivity index (χ3n) is 0.766. The Bertz CT molecular complexity index is 206. The number of hydrogen-bond donors (Lipinski definition) is 1. The smallest absolute Gasteiger partial charge is 0.409 e. The van der Waals surface area contributed by atoms with Crippen molar-refractivity contribution in [3.8, 4) is 0 Å². The third kappa shape index (κ3) is 6.77. The van der Waals surface area contributed by atoms with Crippen LogP contribution in [0.5, 0.6) is 0 Å². The first-order valence-corrected chi connectivity index (χ1v) is 3.46. The van der Waals surface area contributed by atoms with E-state index >= 15 is 0 Å². The molecule has 1 N–H and O–H groups in total. The second-order valence-corrected chi connectivity index (χ2v) is 3.09. The standard InChI is InChI=1S/C7H12N2O3.H2/c1-7(2,3)12-6(11)9-4-8-5-10;/h4H2,1-3H3,(H,9,11);1H. The molecule has 0 saturated heterocycles. The average molecular weight is 174 g/mol. The molecule has 0 aromatic heterocycles. The van der Waals surface area contributed by atoms with Gasteiger partial charge in [0.05, 0.1) is 0 Å². The normalized spacial score (nSPS) is 9.92. The van der Waals surface area contributed by atoms with Gasteiger partial charge in [0.15, 0.2) is 0 Å². The van der Waals surface area contributed by atoms with Crippen LogP contribution in [-0.4, -0.2) is 24.4 Å². The maximum atomic E-state index is 10.8. The summed E-state index contributed by atoms with van der Waals surface area (Å²) in [5, 5.41) is 2.25. The molecule has 0 fully saturated rings. The Kier molecular flexibility index (Phi) is 4.00. The van der Waals surface area contributed by atoms with Crippen molar-refractivity contribution < 1.29 is 15.8 Å². The van der Waals surface area contributed by atoms with Gasteiger partial charge in [-0.3, -0.25) is 0 Å². The predicted octanol–water partition coefficient (Wildman–Crippen LogP) is 1.05. The van der Waals surface area contributed by atoms with Crippen LogP contribution >= 0.6 is 0 Å². The number of nitrogens with one attached hydrogen (secondary N) is 1. The monoisotopic (exact) mass is 174 g/mol. The molecule has 0 rings (SSSR count). The first-order valence-electron chi connectivity index (χ1n) is 3.46. The maximum Gasteiger partial charge on any atom is 0.409 e. The molecule has 0 bridgehead atoms. The molecular formula is C7H14N2O3. The van der Waals surface area contributed by atoms with Crippen molar-refractivity contribution in [1.29, 1.82) is 0 Å². The molecular weight excluding hydrogens is 160 g/mol. The summed E-state index contributed by atoms with van der Waals surface area (Å²) in [6, 6.07) is 0. The number of aliphatic imine (C=N–C) groups is 1. The van der Waals surface area contributed by atoms with Gasteiger partial charge in [-0.15, -0.1) is 0 Å². The first-order chi connectivity index (χ1) is 5.45. The van der Waals surface area contributed by atoms with Crippen LogP contribution in [0.4, 0.5) is 4.79 Å². The molecule has 0 radical (unpaired) electrons. The molecule has 5 nitrogen and oxygen atoms in total. The summed E-state index contributed by atoms with van der Waals surface area (Å²) in [5.74, 6) is 0. The fourth-order valence-electron chi connectivity index (χ4n) is 0.451. The van der Waals surface area contributed by atoms with Crippen molar-refractivity contribution in [1.82, 2.24) is 5.32 Å². The zero-order chi connectivity index (χ0) is 9.61. The number of carbonyl (C=O) groups excluding carboxylic acids is 2. The van der Waals surface area contributed by atoms with Gasteiger partial charge in [-0.1, -0.05) is 0 Å². The van der Waals surface area contributed by atoms with Crippen LogP contribution in [0.2, 0.25) is 0 Å². The Hall–Kier alpha value is -1.35. The van der Waals surface area contributed by atoms with Gasteiger partial charge in [0, 0.05) is 1.43 Å². The lowest BCUT2D eigenvalue weighted by molar-refractivity contribution is 0.0530. The van der Waals surface area contributed by atoms with E-state index in [0.717, 1.165) is 0 Å². The highest BCUT2D eigenvalue weighted by Crippen LogP contribution is 2.05. The number of alkyl carbamates (subject to hydrolysis) is 1. The van der Waals surface area contributed by atoms with Crippen molar-refractivity contribution in [2.75, 3.05) is 6.67 Å². The zero-order valence-corrected chi connectivity index (χ0v) is 7.38. The van der Waals surface area contributed by atoms with E-state index in [1.54, 1.807) is 20.8 Å². The number of ether oxygens (including phenoxy) is 1. The number of nitrogens with zero attached hydrogens (tertiary/aromatic N) is 1. The zero-order valence-electron chi connectivity index (χ0n) is 7.38. The molecule has 0 aromatic rings. The van der Waals surface area contributed by atoms with E-state index in [2.05, 4.69) is 10.3 Å². The summed E-state index contributed by atoms with van der Waals surface area (Å²) in [4.78, 5) is 23.5. The van der Waals surface area contributed by atoms with E-state index in [-0.39, 0.29) is 8.10 Å². The molecule has 0 heterocycles. The van der Waals surface area contributed by atoms with Gasteiger partial charge in [0.2, 0.25) is 6.08 Å². The maximum absolute atomic E-state index is 10.8. The molecule has 1 amide bonds. The highest BCUT2D eigenvalue weighted by atomic mass is 16.6. The predicted molar refractivity (Wildman–Crippen MR) is 44.5 cm³/mol. The second kappa shape index (κ2) is 4.51. The first kappa shape index (κ1) is 10.7. The lowest BCUT2D eigenvalue weighted by Crippen LogP contribution is -2.32. The Morgan fingerprint density at radius 3 is 2.67 bits per heavy atom. The van der Waals surface area contributed by atoms with E-state index in [4.69, 9.17) is 4.74 Å². The highest BCUT2D eigenvalue weighted by molar-refractivity contribution is 5.67. The van der Waals surface area contributed by atoms with E-state index in [1.807, 2.05) is 0 Å². The van der Waals surface area contributed by atoms with Crippen LogP contribution in [0.1, 0.15) is 22.2 Å².